The lowest BCUT2D eigenvalue weighted by atomic mass is 9.83. The van der Waals surface area contributed by atoms with Crippen molar-refractivity contribution in [3.63, 3.8) is 0 Å². The molecule has 0 bridgehead atoms. The van der Waals surface area contributed by atoms with Crippen LogP contribution in [0.3, 0.4) is 0 Å². The topological polar surface area (TPSA) is 9.23 Å². The molecule has 1 heterocycles. The van der Waals surface area contributed by atoms with E-state index < -0.39 is 0 Å². The van der Waals surface area contributed by atoms with Crippen molar-refractivity contribution >= 4 is 11.6 Å². The lowest BCUT2D eigenvalue weighted by Gasteiger charge is -2.31. The number of rotatable bonds is 1. The van der Waals surface area contributed by atoms with Crippen LogP contribution in [0.2, 0.25) is 0 Å². The molecule has 104 valence electrons. The molecule has 1 unspecified atom stereocenters. The van der Waals surface area contributed by atoms with Crippen molar-refractivity contribution in [1.29, 1.82) is 0 Å². The van der Waals surface area contributed by atoms with Crippen molar-refractivity contribution in [1.82, 2.24) is 0 Å². The number of hydrogen-bond acceptors (Lipinski definition) is 1. The highest BCUT2D eigenvalue weighted by Gasteiger charge is 2.27. The van der Waals surface area contributed by atoms with Crippen molar-refractivity contribution in [2.75, 3.05) is 6.61 Å². The molecule has 0 saturated carbocycles. The van der Waals surface area contributed by atoms with E-state index in [1.807, 2.05) is 6.07 Å². The fourth-order valence-corrected chi connectivity index (χ4v) is 3.26. The Bertz CT molecular complexity index is 710. The van der Waals surface area contributed by atoms with Crippen LogP contribution in [-0.2, 0) is 11.2 Å². The van der Waals surface area contributed by atoms with Crippen LogP contribution in [0.1, 0.15) is 23.1 Å². The first-order chi connectivity index (χ1) is 10.4. The molecule has 2 aliphatic rings. The predicted molar refractivity (Wildman–Crippen MR) is 86.9 cm³/mol. The van der Waals surface area contributed by atoms with Crippen LogP contribution in [0.5, 0.6) is 0 Å². The molecule has 2 aromatic rings. The van der Waals surface area contributed by atoms with Crippen LogP contribution in [0.4, 0.5) is 0 Å². The van der Waals surface area contributed by atoms with E-state index >= 15 is 0 Å². The Balaban J connectivity index is 1.75. The molecule has 0 saturated heterocycles. The minimum Gasteiger partial charge on any atom is -0.369 e. The van der Waals surface area contributed by atoms with Crippen LogP contribution in [0, 0.1) is 0 Å². The first kappa shape index (κ1) is 12.6. The summed E-state index contributed by atoms with van der Waals surface area (Å²) in [6.07, 6.45) is 7.05. The van der Waals surface area contributed by atoms with Crippen molar-refractivity contribution in [3.05, 3.63) is 82.9 Å². The van der Waals surface area contributed by atoms with E-state index in [-0.39, 0.29) is 6.10 Å². The number of aryl methyl sites for hydroxylation is 1. The zero-order chi connectivity index (χ0) is 14.1. The molecular formula is C20H18O. The van der Waals surface area contributed by atoms with Gasteiger partial charge in [0.15, 0.2) is 0 Å². The fourth-order valence-electron chi connectivity index (χ4n) is 3.26. The molecule has 0 spiro atoms. The van der Waals surface area contributed by atoms with Gasteiger partial charge in [0.2, 0.25) is 0 Å². The summed E-state index contributed by atoms with van der Waals surface area (Å²) in [5, 5.41) is 0. The maximum Gasteiger partial charge on any atom is 0.0838 e. The lowest BCUT2D eigenvalue weighted by Crippen LogP contribution is -2.25. The molecule has 0 radical (unpaired) electrons. The third-order valence-corrected chi connectivity index (χ3v) is 4.29. The van der Waals surface area contributed by atoms with Gasteiger partial charge in [-0.1, -0.05) is 60.7 Å². The highest BCUT2D eigenvalue weighted by Crippen LogP contribution is 2.36. The normalized spacial score (nSPS) is 22.4. The molecule has 1 atom stereocenters. The van der Waals surface area contributed by atoms with E-state index in [9.17, 15) is 0 Å². The SMILES string of the molecule is C1=C2c3ccccc3CCC2OC/C1=C\c1ccccc1. The number of fused-ring (bicyclic) bond motifs is 3. The van der Waals surface area contributed by atoms with Crippen LogP contribution in [0.15, 0.2) is 66.2 Å². The monoisotopic (exact) mass is 274 g/mol. The molecule has 1 aliphatic heterocycles. The third-order valence-electron chi connectivity index (χ3n) is 4.29. The maximum absolute atomic E-state index is 6.09. The largest absolute Gasteiger partial charge is 0.369 e. The van der Waals surface area contributed by atoms with E-state index in [0.717, 1.165) is 12.8 Å². The van der Waals surface area contributed by atoms with Gasteiger partial charge in [0, 0.05) is 0 Å². The van der Waals surface area contributed by atoms with Gasteiger partial charge in [0.1, 0.15) is 0 Å². The molecule has 0 aromatic heterocycles. The Kier molecular flexibility index (Phi) is 3.21. The maximum atomic E-state index is 6.09. The molecule has 0 fully saturated rings. The summed E-state index contributed by atoms with van der Waals surface area (Å²) in [7, 11) is 0. The van der Waals surface area contributed by atoms with E-state index in [1.54, 1.807) is 0 Å². The number of ether oxygens (including phenoxy) is 1. The van der Waals surface area contributed by atoms with Gasteiger partial charge >= 0.3 is 0 Å². The summed E-state index contributed by atoms with van der Waals surface area (Å²) in [6.45, 7) is 0.714. The second-order valence-corrected chi connectivity index (χ2v) is 5.73. The molecule has 21 heavy (non-hydrogen) atoms. The molecule has 0 amide bonds. The summed E-state index contributed by atoms with van der Waals surface area (Å²) in [5.74, 6) is 0. The second kappa shape index (κ2) is 5.34. The molecule has 1 heteroatoms. The summed E-state index contributed by atoms with van der Waals surface area (Å²) in [5.41, 5.74) is 6.65. The first-order valence-electron chi connectivity index (χ1n) is 7.57. The van der Waals surface area contributed by atoms with E-state index in [0.29, 0.717) is 6.61 Å². The zero-order valence-corrected chi connectivity index (χ0v) is 12.0. The number of hydrogen-bond donors (Lipinski definition) is 0. The molecule has 4 rings (SSSR count). The zero-order valence-electron chi connectivity index (χ0n) is 12.0. The fraction of sp³-hybridized carbons (Fsp3) is 0.200. The Morgan fingerprint density at radius 1 is 0.952 bits per heavy atom. The Morgan fingerprint density at radius 2 is 1.76 bits per heavy atom. The number of benzene rings is 2. The smallest absolute Gasteiger partial charge is 0.0838 e. The summed E-state index contributed by atoms with van der Waals surface area (Å²) >= 11 is 0. The lowest BCUT2D eigenvalue weighted by molar-refractivity contribution is 0.0990. The van der Waals surface area contributed by atoms with Crippen LogP contribution in [0.25, 0.3) is 11.6 Å². The average molecular weight is 274 g/mol. The summed E-state index contributed by atoms with van der Waals surface area (Å²) in [4.78, 5) is 0. The van der Waals surface area contributed by atoms with Crippen molar-refractivity contribution in [3.8, 4) is 0 Å². The van der Waals surface area contributed by atoms with Gasteiger partial charge in [-0.05, 0) is 46.8 Å². The van der Waals surface area contributed by atoms with Gasteiger partial charge in [-0.2, -0.15) is 0 Å². The predicted octanol–water partition coefficient (Wildman–Crippen LogP) is 4.50. The minimum atomic E-state index is 0.271. The minimum absolute atomic E-state index is 0.271. The van der Waals surface area contributed by atoms with Gasteiger partial charge in [0.25, 0.3) is 0 Å². The Morgan fingerprint density at radius 3 is 2.67 bits per heavy atom. The molecule has 2 aromatic carbocycles. The quantitative estimate of drug-likeness (QED) is 0.744. The summed E-state index contributed by atoms with van der Waals surface area (Å²) in [6, 6.07) is 19.2. The van der Waals surface area contributed by atoms with Gasteiger partial charge in [-0.25, -0.2) is 0 Å². The highest BCUT2D eigenvalue weighted by molar-refractivity contribution is 5.77. The molecule has 1 nitrogen and oxygen atoms in total. The summed E-state index contributed by atoms with van der Waals surface area (Å²) < 4.78 is 6.09. The van der Waals surface area contributed by atoms with E-state index in [4.69, 9.17) is 4.74 Å². The Hall–Kier alpha value is -2.12. The highest BCUT2D eigenvalue weighted by atomic mass is 16.5. The van der Waals surface area contributed by atoms with Crippen LogP contribution in [-0.4, -0.2) is 12.7 Å². The van der Waals surface area contributed by atoms with Crippen molar-refractivity contribution in [2.24, 2.45) is 0 Å². The van der Waals surface area contributed by atoms with Crippen molar-refractivity contribution in [2.45, 2.75) is 18.9 Å². The second-order valence-electron chi connectivity index (χ2n) is 5.73. The van der Waals surface area contributed by atoms with Crippen LogP contribution >= 0.6 is 0 Å². The van der Waals surface area contributed by atoms with Gasteiger partial charge in [0.05, 0.1) is 12.7 Å². The standard InChI is InChI=1S/C20H18O/c1-2-6-15(7-3-1)12-16-13-19-18-9-5-4-8-17(18)10-11-20(19)21-14-16/h1-9,12-13,20H,10-11,14H2/b16-12-. The van der Waals surface area contributed by atoms with Crippen LogP contribution < -0.4 is 0 Å². The van der Waals surface area contributed by atoms with Gasteiger partial charge in [-0.15, -0.1) is 0 Å². The van der Waals surface area contributed by atoms with E-state index in [1.165, 1.54) is 27.8 Å². The molecule has 0 N–H and O–H groups in total. The third kappa shape index (κ3) is 2.45. The first-order valence-corrected chi connectivity index (χ1v) is 7.57. The van der Waals surface area contributed by atoms with Gasteiger partial charge in [-0.3, -0.25) is 0 Å². The Labute approximate surface area is 125 Å². The average Bonchev–Trinajstić information content (AvgIpc) is 2.56. The molecular weight excluding hydrogens is 256 g/mol. The molecule has 1 aliphatic carbocycles. The van der Waals surface area contributed by atoms with Gasteiger partial charge < -0.3 is 4.74 Å². The van der Waals surface area contributed by atoms with Crippen molar-refractivity contribution < 1.29 is 4.74 Å². The van der Waals surface area contributed by atoms with E-state index in [2.05, 4.69) is 60.7 Å².